The Kier molecular flexibility index (Phi) is 6.22. The molecule has 0 aromatic heterocycles. The van der Waals surface area contributed by atoms with Crippen molar-refractivity contribution in [3.8, 4) is 0 Å². The lowest BCUT2D eigenvalue weighted by Crippen LogP contribution is -2.52. The van der Waals surface area contributed by atoms with E-state index < -0.39 is 0 Å². The predicted octanol–water partition coefficient (Wildman–Crippen LogP) is 10.3. The summed E-state index contributed by atoms with van der Waals surface area (Å²) in [5, 5.41) is 0. The molecule has 1 aliphatic rings. The van der Waals surface area contributed by atoms with Crippen molar-refractivity contribution in [1.82, 2.24) is 0 Å². The van der Waals surface area contributed by atoms with Crippen LogP contribution in [0.2, 0.25) is 0 Å². The number of rotatable bonds is 5. The molecule has 0 heterocycles. The van der Waals surface area contributed by atoms with E-state index in [0.717, 1.165) is 0 Å². The first-order valence-corrected chi connectivity index (χ1v) is 14.4. The van der Waals surface area contributed by atoms with E-state index in [9.17, 15) is 0 Å². The highest BCUT2D eigenvalue weighted by Gasteiger charge is 2.64. The van der Waals surface area contributed by atoms with Crippen LogP contribution in [0.1, 0.15) is 61.1 Å². The number of hydrogen-bond acceptors (Lipinski definition) is 1. The van der Waals surface area contributed by atoms with Crippen LogP contribution in [0, 0.1) is 13.8 Å². The van der Waals surface area contributed by atoms with E-state index in [-0.39, 0.29) is 16.2 Å². The number of anilines is 3. The van der Waals surface area contributed by atoms with Gasteiger partial charge in [0.25, 0.3) is 0 Å². The molecule has 200 valence electrons. The molecule has 1 heteroatoms. The van der Waals surface area contributed by atoms with E-state index in [2.05, 4.69) is 174 Å². The van der Waals surface area contributed by atoms with Crippen LogP contribution in [0.15, 0.2) is 127 Å². The van der Waals surface area contributed by atoms with Crippen LogP contribution < -0.4 is 4.90 Å². The molecule has 0 N–H and O–H groups in total. The Morgan fingerprint density at radius 2 is 0.825 bits per heavy atom. The maximum absolute atomic E-state index is 2.46. The first kappa shape index (κ1) is 26.1. The van der Waals surface area contributed by atoms with Gasteiger partial charge in [-0.2, -0.15) is 0 Å². The third-order valence-corrected chi connectivity index (χ3v) is 9.48. The van der Waals surface area contributed by atoms with Gasteiger partial charge in [-0.1, -0.05) is 130 Å². The lowest BCUT2D eigenvalue weighted by molar-refractivity contribution is 0.225. The monoisotopic (exact) mass is 521 g/mol. The van der Waals surface area contributed by atoms with Gasteiger partial charge in [-0.3, -0.25) is 0 Å². The van der Waals surface area contributed by atoms with Gasteiger partial charge in [-0.05, 0) is 72.5 Å². The van der Waals surface area contributed by atoms with Crippen molar-refractivity contribution in [2.24, 2.45) is 0 Å². The Balaban J connectivity index is 1.60. The van der Waals surface area contributed by atoms with Crippen molar-refractivity contribution in [2.75, 3.05) is 4.90 Å². The quantitative estimate of drug-likeness (QED) is 0.222. The third kappa shape index (κ3) is 3.75. The summed E-state index contributed by atoms with van der Waals surface area (Å²) < 4.78 is 0. The second-order valence-corrected chi connectivity index (χ2v) is 12.5. The summed E-state index contributed by atoms with van der Waals surface area (Å²) in [6.07, 6.45) is 0. The topological polar surface area (TPSA) is 3.24 Å². The molecule has 6 rings (SSSR count). The highest BCUT2D eigenvalue weighted by Crippen LogP contribution is 2.66. The van der Waals surface area contributed by atoms with Gasteiger partial charge in [0.2, 0.25) is 0 Å². The first-order valence-electron chi connectivity index (χ1n) is 14.4. The van der Waals surface area contributed by atoms with Gasteiger partial charge >= 0.3 is 0 Å². The van der Waals surface area contributed by atoms with Crippen molar-refractivity contribution < 1.29 is 0 Å². The molecular weight excluding hydrogens is 482 g/mol. The van der Waals surface area contributed by atoms with E-state index in [1.165, 1.54) is 50.4 Å². The van der Waals surface area contributed by atoms with E-state index in [0.29, 0.717) is 0 Å². The zero-order valence-corrected chi connectivity index (χ0v) is 24.6. The molecule has 0 saturated carbocycles. The van der Waals surface area contributed by atoms with E-state index in [4.69, 9.17) is 0 Å². The molecule has 0 spiro atoms. The predicted molar refractivity (Wildman–Crippen MR) is 170 cm³/mol. The normalized spacial score (nSPS) is 16.4. The molecule has 0 atom stereocenters. The summed E-state index contributed by atoms with van der Waals surface area (Å²) in [5.41, 5.74) is 11.0. The Labute approximate surface area is 240 Å². The van der Waals surface area contributed by atoms with Crippen LogP contribution in [0.4, 0.5) is 17.1 Å². The molecule has 0 fully saturated rings. The summed E-state index contributed by atoms with van der Waals surface area (Å²) in [6, 6.07) is 47.2. The zero-order valence-electron chi connectivity index (χ0n) is 24.6. The van der Waals surface area contributed by atoms with Crippen LogP contribution in [-0.2, 0) is 16.2 Å². The SMILES string of the molecule is Cc1ccc(N(c2ccc(C)cc2)c2ccc3c(c2)C(C)(C)C(c2ccccc2)(c2ccccc2)C3(C)C)cc1. The molecule has 0 unspecified atom stereocenters. The summed E-state index contributed by atoms with van der Waals surface area (Å²) in [7, 11) is 0. The average molecular weight is 522 g/mol. The minimum atomic E-state index is -0.248. The maximum Gasteiger partial charge on any atom is 0.0464 e. The van der Waals surface area contributed by atoms with Gasteiger partial charge in [0.15, 0.2) is 0 Å². The average Bonchev–Trinajstić information content (AvgIpc) is 3.10. The third-order valence-electron chi connectivity index (χ3n) is 9.48. The van der Waals surface area contributed by atoms with Crippen LogP contribution in [-0.4, -0.2) is 0 Å². The van der Waals surface area contributed by atoms with Crippen molar-refractivity contribution in [2.45, 2.75) is 57.8 Å². The number of nitrogens with zero attached hydrogens (tertiary/aromatic N) is 1. The van der Waals surface area contributed by atoms with Gasteiger partial charge in [0.05, 0.1) is 0 Å². The lowest BCUT2D eigenvalue weighted by Gasteiger charge is -2.51. The molecule has 5 aromatic rings. The standard InChI is InChI=1S/C39H39N/c1-28-17-21-32(22-18-28)40(33-23-19-29(2)20-24-33)34-25-26-35-36(27-34)38(5,6)39(37(35,3)4,30-13-9-7-10-14-30)31-15-11-8-12-16-31/h7-27H,1-6H3. The van der Waals surface area contributed by atoms with Crippen molar-refractivity contribution in [3.05, 3.63) is 161 Å². The van der Waals surface area contributed by atoms with E-state index in [1.54, 1.807) is 0 Å². The Morgan fingerprint density at radius 3 is 1.27 bits per heavy atom. The van der Waals surface area contributed by atoms with Crippen LogP contribution in [0.5, 0.6) is 0 Å². The molecule has 0 bridgehead atoms. The highest BCUT2D eigenvalue weighted by molar-refractivity contribution is 5.78. The summed E-state index contributed by atoms with van der Waals surface area (Å²) >= 11 is 0. The molecule has 0 radical (unpaired) electrons. The van der Waals surface area contributed by atoms with Crippen molar-refractivity contribution in [1.29, 1.82) is 0 Å². The van der Waals surface area contributed by atoms with Crippen molar-refractivity contribution in [3.63, 3.8) is 0 Å². The largest absolute Gasteiger partial charge is 0.310 e. The molecule has 1 aliphatic carbocycles. The smallest absolute Gasteiger partial charge is 0.0464 e. The summed E-state index contributed by atoms with van der Waals surface area (Å²) in [4.78, 5) is 2.40. The van der Waals surface area contributed by atoms with Gasteiger partial charge < -0.3 is 4.90 Å². The number of benzene rings is 5. The molecule has 40 heavy (non-hydrogen) atoms. The van der Waals surface area contributed by atoms with Crippen molar-refractivity contribution >= 4 is 17.1 Å². The zero-order chi connectivity index (χ0) is 28.1. The summed E-state index contributed by atoms with van der Waals surface area (Å²) in [5.74, 6) is 0. The van der Waals surface area contributed by atoms with E-state index in [1.807, 2.05) is 0 Å². The fourth-order valence-electron chi connectivity index (χ4n) is 7.74. The molecule has 0 saturated heterocycles. The molecule has 0 amide bonds. The first-order chi connectivity index (χ1) is 19.2. The Hall–Kier alpha value is -4.10. The summed E-state index contributed by atoms with van der Waals surface area (Å²) in [6.45, 7) is 14.1. The highest BCUT2D eigenvalue weighted by atomic mass is 15.1. The minimum absolute atomic E-state index is 0.147. The molecule has 1 nitrogen and oxygen atoms in total. The fraction of sp³-hybridized carbons (Fsp3) is 0.231. The second kappa shape index (κ2) is 9.52. The Bertz CT molecular complexity index is 1540. The van der Waals surface area contributed by atoms with Crippen LogP contribution in [0.25, 0.3) is 0 Å². The van der Waals surface area contributed by atoms with Crippen LogP contribution >= 0.6 is 0 Å². The number of fused-ring (bicyclic) bond motifs is 1. The minimum Gasteiger partial charge on any atom is -0.310 e. The lowest BCUT2D eigenvalue weighted by atomic mass is 9.51. The second-order valence-electron chi connectivity index (χ2n) is 12.5. The van der Waals surface area contributed by atoms with Gasteiger partial charge in [0.1, 0.15) is 0 Å². The van der Waals surface area contributed by atoms with Gasteiger partial charge in [0, 0.05) is 33.3 Å². The molecule has 5 aromatic carbocycles. The molecular formula is C39H39N. The number of hydrogen-bond donors (Lipinski definition) is 0. The number of aryl methyl sites for hydroxylation is 2. The fourth-order valence-corrected chi connectivity index (χ4v) is 7.74. The maximum atomic E-state index is 2.46. The Morgan fingerprint density at radius 1 is 0.425 bits per heavy atom. The van der Waals surface area contributed by atoms with E-state index >= 15 is 0 Å². The molecule has 0 aliphatic heterocycles. The van der Waals surface area contributed by atoms with Gasteiger partial charge in [-0.15, -0.1) is 0 Å². The van der Waals surface area contributed by atoms with Gasteiger partial charge in [-0.25, -0.2) is 0 Å². The van der Waals surface area contributed by atoms with Crippen LogP contribution in [0.3, 0.4) is 0 Å².